The lowest BCUT2D eigenvalue weighted by Crippen LogP contribution is -2.18. The molecule has 1 aliphatic carbocycles. The number of hydrogen-bond acceptors (Lipinski definition) is 5. The van der Waals surface area contributed by atoms with E-state index in [9.17, 15) is 9.59 Å². The third-order valence-corrected chi connectivity index (χ3v) is 8.76. The zero-order chi connectivity index (χ0) is 30.2. The van der Waals surface area contributed by atoms with Gasteiger partial charge in [0.1, 0.15) is 0 Å². The molecule has 2 aromatic heterocycles. The maximum absolute atomic E-state index is 13.5. The number of amides is 2. The topological polar surface area (TPSA) is 107 Å². The Morgan fingerprint density at radius 3 is 2.51 bits per heavy atom. The van der Waals surface area contributed by atoms with Gasteiger partial charge in [-0.05, 0) is 65.3 Å². The molecule has 3 heterocycles. The maximum Gasteiger partial charge on any atom is 0.405 e. The number of rotatable bonds is 6. The van der Waals surface area contributed by atoms with E-state index in [-0.39, 0.29) is 5.91 Å². The second-order valence-corrected chi connectivity index (χ2v) is 12.4. The molecule has 3 aromatic carbocycles. The van der Waals surface area contributed by atoms with Gasteiger partial charge in [0.2, 0.25) is 0 Å². The lowest BCUT2D eigenvalue weighted by atomic mass is 9.82. The Kier molecular flexibility index (Phi) is 6.23. The molecule has 7 rings (SSSR count). The van der Waals surface area contributed by atoms with E-state index in [1.165, 1.54) is 11.1 Å². The van der Waals surface area contributed by atoms with Crippen molar-refractivity contribution in [2.24, 2.45) is 18.7 Å². The highest BCUT2D eigenvalue weighted by molar-refractivity contribution is 6.19. The molecule has 0 saturated carbocycles. The number of carbonyl (C=O) groups excluding carboxylic acids is 2. The highest BCUT2D eigenvalue weighted by atomic mass is 16.6. The van der Waals surface area contributed by atoms with Crippen LogP contribution in [0.5, 0.6) is 0 Å². The number of aryl methyl sites for hydroxylation is 3. The van der Waals surface area contributed by atoms with Gasteiger partial charge in [-0.1, -0.05) is 32.0 Å². The van der Waals surface area contributed by atoms with E-state index in [0.29, 0.717) is 12.5 Å². The van der Waals surface area contributed by atoms with Crippen molar-refractivity contribution in [2.45, 2.75) is 45.9 Å². The van der Waals surface area contributed by atoms with E-state index >= 15 is 0 Å². The second kappa shape index (κ2) is 9.90. The van der Waals surface area contributed by atoms with Gasteiger partial charge < -0.3 is 25.3 Å². The fourth-order valence-corrected chi connectivity index (χ4v) is 7.04. The van der Waals surface area contributed by atoms with Crippen molar-refractivity contribution in [3.8, 4) is 11.1 Å². The molecule has 220 valence electrons. The van der Waals surface area contributed by atoms with Crippen LogP contribution >= 0.6 is 0 Å². The number of aromatic nitrogens is 3. The van der Waals surface area contributed by atoms with Crippen molar-refractivity contribution in [1.29, 1.82) is 0 Å². The van der Waals surface area contributed by atoms with Crippen LogP contribution in [0.4, 0.5) is 10.5 Å². The fraction of sp³-hybridized carbons (Fsp3) is 0.324. The molecule has 0 bridgehead atoms. The number of nitrogens with one attached hydrogen (secondary N) is 1. The van der Waals surface area contributed by atoms with E-state index in [0.717, 1.165) is 80.4 Å². The van der Waals surface area contributed by atoms with Gasteiger partial charge in [-0.15, -0.1) is 0 Å². The van der Waals surface area contributed by atoms with Crippen LogP contribution in [0.1, 0.15) is 58.3 Å². The van der Waals surface area contributed by atoms with Gasteiger partial charge in [0.15, 0.2) is 6.10 Å². The molecule has 5 aromatic rings. The molecule has 9 nitrogen and oxygen atoms in total. The summed E-state index contributed by atoms with van der Waals surface area (Å²) in [4.78, 5) is 27.6. The summed E-state index contributed by atoms with van der Waals surface area (Å²) in [6.07, 6.45) is 2.17. The van der Waals surface area contributed by atoms with E-state index < -0.39 is 12.2 Å². The van der Waals surface area contributed by atoms with E-state index in [1.54, 1.807) is 0 Å². The summed E-state index contributed by atoms with van der Waals surface area (Å²) >= 11 is 0. The molecule has 1 aliphatic heterocycles. The monoisotopic (exact) mass is 576 g/mol. The normalized spacial score (nSPS) is 14.5. The molecule has 0 spiro atoms. The largest absolute Gasteiger partial charge is 0.437 e. The molecule has 0 saturated heterocycles. The number of nitrogens with zero attached hydrogens (tertiary/aromatic N) is 4. The van der Waals surface area contributed by atoms with Gasteiger partial charge in [-0.25, -0.2) is 4.79 Å². The molecule has 2 aliphatic rings. The minimum atomic E-state index is -0.832. The molecule has 0 fully saturated rings. The average molecular weight is 577 g/mol. The molecule has 2 amide bonds. The van der Waals surface area contributed by atoms with Crippen molar-refractivity contribution >= 4 is 39.5 Å². The Balaban J connectivity index is 1.52. The van der Waals surface area contributed by atoms with Gasteiger partial charge in [-0.3, -0.25) is 9.48 Å². The Labute approximate surface area is 250 Å². The zero-order valence-corrected chi connectivity index (χ0v) is 25.2. The lowest BCUT2D eigenvalue weighted by Gasteiger charge is -2.22. The van der Waals surface area contributed by atoms with Crippen molar-refractivity contribution in [3.05, 3.63) is 82.2 Å². The van der Waals surface area contributed by atoms with Crippen LogP contribution in [-0.4, -0.2) is 40.4 Å². The highest BCUT2D eigenvalue weighted by Gasteiger charge is 2.35. The first kappa shape index (κ1) is 27.1. The van der Waals surface area contributed by atoms with Crippen LogP contribution in [0.2, 0.25) is 0 Å². The third kappa shape index (κ3) is 4.25. The minimum Gasteiger partial charge on any atom is -0.437 e. The fourth-order valence-electron chi connectivity index (χ4n) is 7.04. The van der Waals surface area contributed by atoms with E-state index in [4.69, 9.17) is 15.6 Å². The summed E-state index contributed by atoms with van der Waals surface area (Å²) in [6, 6.07) is 14.2. The predicted molar refractivity (Wildman–Crippen MR) is 168 cm³/mol. The number of ether oxygens (including phenoxy) is 1. The van der Waals surface area contributed by atoms with Crippen LogP contribution in [0.3, 0.4) is 0 Å². The first-order valence-electron chi connectivity index (χ1n) is 14.8. The Morgan fingerprint density at radius 1 is 1.07 bits per heavy atom. The number of nitrogens with two attached hydrogens (primary N) is 1. The van der Waals surface area contributed by atoms with Gasteiger partial charge >= 0.3 is 6.09 Å². The van der Waals surface area contributed by atoms with E-state index in [2.05, 4.69) is 35.9 Å². The Morgan fingerprint density at radius 2 is 1.81 bits per heavy atom. The predicted octanol–water partition coefficient (Wildman–Crippen LogP) is 5.44. The van der Waals surface area contributed by atoms with E-state index in [1.807, 2.05) is 67.3 Å². The lowest BCUT2D eigenvalue weighted by molar-refractivity contribution is 0.0966. The molecular formula is C34H36N6O3. The third-order valence-electron chi connectivity index (χ3n) is 8.76. The molecule has 3 N–H and O–H groups in total. The zero-order valence-electron chi connectivity index (χ0n) is 25.2. The SMILES string of the molecule is CC(C)Cn1c2ccc(C(OC(N)=O)c3ccc(N(C)C)cc3)cc2c2c3c(c4c(c21)CCc1nn(C)cc1-4)C(=O)NC3. The van der Waals surface area contributed by atoms with Crippen molar-refractivity contribution in [2.75, 3.05) is 19.0 Å². The van der Waals surface area contributed by atoms with Crippen LogP contribution in [-0.2, 0) is 37.7 Å². The second-order valence-electron chi connectivity index (χ2n) is 12.4. The summed E-state index contributed by atoms with van der Waals surface area (Å²) in [6.45, 7) is 5.75. The smallest absolute Gasteiger partial charge is 0.405 e. The first-order valence-corrected chi connectivity index (χ1v) is 14.8. The van der Waals surface area contributed by atoms with Crippen LogP contribution in [0.25, 0.3) is 32.9 Å². The number of fused-ring (bicyclic) bond motifs is 10. The van der Waals surface area contributed by atoms with Crippen LogP contribution in [0, 0.1) is 5.92 Å². The van der Waals surface area contributed by atoms with Gasteiger partial charge in [0.05, 0.1) is 16.8 Å². The molecule has 0 radical (unpaired) electrons. The Bertz CT molecular complexity index is 1950. The molecular weight excluding hydrogens is 540 g/mol. The van der Waals surface area contributed by atoms with Gasteiger partial charge in [-0.2, -0.15) is 5.10 Å². The molecule has 1 unspecified atom stereocenters. The minimum absolute atomic E-state index is 0.0401. The van der Waals surface area contributed by atoms with Crippen LogP contribution in [0.15, 0.2) is 48.7 Å². The average Bonchev–Trinajstić information content (AvgIpc) is 3.64. The number of hydrogen-bond donors (Lipinski definition) is 2. The van der Waals surface area contributed by atoms with Crippen molar-refractivity contribution in [1.82, 2.24) is 19.7 Å². The van der Waals surface area contributed by atoms with Gasteiger partial charge in [0.25, 0.3) is 5.91 Å². The molecule has 43 heavy (non-hydrogen) atoms. The molecule has 1 atom stereocenters. The first-order chi connectivity index (χ1) is 20.6. The maximum atomic E-state index is 13.5. The Hall–Kier alpha value is -4.79. The van der Waals surface area contributed by atoms with Gasteiger partial charge in [0, 0.05) is 73.5 Å². The molecule has 9 heteroatoms. The summed E-state index contributed by atoms with van der Waals surface area (Å²) in [5.41, 5.74) is 16.7. The standard InChI is InChI=1S/C34H36N6O3/c1-18(2)16-40-27-13-8-20(32(43-34(35)42)19-6-9-21(10-7-19)38(3)4)14-23(27)29-24-15-36-33(41)30(24)28-22(31(29)40)11-12-26-25(28)17-39(5)37-26/h6-10,13-14,17-18,32H,11-12,15-16H2,1-5H3,(H2,35,42)(H,36,41). The number of benzene rings is 3. The summed E-state index contributed by atoms with van der Waals surface area (Å²) in [5.74, 6) is 0.363. The van der Waals surface area contributed by atoms with Crippen molar-refractivity contribution < 1.29 is 14.3 Å². The number of primary amides is 1. The quantitative estimate of drug-likeness (QED) is 0.280. The van der Waals surface area contributed by atoms with Crippen molar-refractivity contribution in [3.63, 3.8) is 0 Å². The number of carbonyl (C=O) groups is 2. The number of anilines is 1. The highest BCUT2D eigenvalue weighted by Crippen LogP contribution is 2.47. The summed E-state index contributed by atoms with van der Waals surface area (Å²) in [5, 5.41) is 9.97. The summed E-state index contributed by atoms with van der Waals surface area (Å²) < 4.78 is 10.0. The summed E-state index contributed by atoms with van der Waals surface area (Å²) in [7, 11) is 5.91. The van der Waals surface area contributed by atoms with Crippen LogP contribution < -0.4 is 16.0 Å².